The van der Waals surface area contributed by atoms with Gasteiger partial charge in [0.1, 0.15) is 9.22 Å². The molecule has 0 radical (unpaired) electrons. The van der Waals surface area contributed by atoms with Crippen LogP contribution in [0.1, 0.15) is 29.3 Å². The third kappa shape index (κ3) is 10.3. The van der Waals surface area contributed by atoms with Crippen molar-refractivity contribution in [1.82, 2.24) is 19.9 Å². The number of alkyl halides is 6. The largest absolute Gasteiger partial charge is 0.490 e. The lowest BCUT2D eigenvalue weighted by atomic mass is 9.93. The van der Waals surface area contributed by atoms with Gasteiger partial charge in [-0.3, -0.25) is 14.2 Å². The number of nitrogens with zero attached hydrogens (tertiary/aromatic N) is 4. The zero-order valence-electron chi connectivity index (χ0n) is 26.3. The molecule has 0 saturated carbocycles. The molecule has 5 heterocycles. The number of likely N-dealkylation sites (tertiary alicyclic amines) is 1. The zero-order valence-corrected chi connectivity index (χ0v) is 28.8. The van der Waals surface area contributed by atoms with Crippen LogP contribution in [-0.4, -0.2) is 82.9 Å². The number of para-hydroxylation sites is 1. The van der Waals surface area contributed by atoms with E-state index in [9.17, 15) is 34.8 Å². The second kappa shape index (κ2) is 16.2. The number of halogens is 6. The van der Waals surface area contributed by atoms with Crippen molar-refractivity contribution in [2.75, 3.05) is 24.4 Å². The Hall–Kier alpha value is -4.53. The minimum atomic E-state index is -5.08. The molecule has 0 atom stereocenters. The van der Waals surface area contributed by atoms with E-state index in [1.54, 1.807) is 35.9 Å². The minimum absolute atomic E-state index is 0.326. The van der Waals surface area contributed by atoms with Crippen LogP contribution in [0.3, 0.4) is 0 Å². The van der Waals surface area contributed by atoms with Crippen LogP contribution < -0.4 is 4.31 Å². The van der Waals surface area contributed by atoms with Crippen LogP contribution in [-0.2, 0) is 26.2 Å². The molecule has 4 aromatic heterocycles. The third-order valence-electron chi connectivity index (χ3n) is 7.43. The maximum atomic E-state index is 13.1. The SMILES string of the molecule is CN(c1cccc2cc(-c3ncc(CN4CCC(c5ccccn5)CC4)s3)[nH]c12)S(=O)(=O)c1cccs1.O=C(O)C(F)(F)F.O=C(O)C(F)(F)F. The van der Waals surface area contributed by atoms with Crippen molar-refractivity contribution in [3.8, 4) is 10.7 Å². The summed E-state index contributed by atoms with van der Waals surface area (Å²) < 4.78 is 91.4. The van der Waals surface area contributed by atoms with Gasteiger partial charge < -0.3 is 15.2 Å². The molecule has 0 bridgehead atoms. The summed E-state index contributed by atoms with van der Waals surface area (Å²) in [6.45, 7) is 2.99. The van der Waals surface area contributed by atoms with Crippen molar-refractivity contribution in [3.05, 3.63) is 82.9 Å². The molecule has 1 fully saturated rings. The standard InChI is InChI=1S/C27H27N5O2S3.2C2HF3O2/c1-31(37(33,34)25-9-5-15-35-25)24-8-4-6-20-16-23(30-26(20)24)27-29-17-21(36-27)18-32-13-10-19(11-14-32)22-7-2-3-12-28-22;2*3-2(4,5)1(6)7/h2-9,12,15-17,19,30H,10-11,13-14,18H2,1H3;2*(H,6,7). The quantitative estimate of drug-likeness (QED) is 0.145. The first-order valence-corrected chi connectivity index (χ1v) is 17.8. The Morgan fingerprint density at radius 1 is 0.961 bits per heavy atom. The molecule has 51 heavy (non-hydrogen) atoms. The highest BCUT2D eigenvalue weighted by molar-refractivity contribution is 7.94. The smallest absolute Gasteiger partial charge is 0.475 e. The molecular formula is C31H29F6N5O6S3. The topological polar surface area (TPSA) is 157 Å². The van der Waals surface area contributed by atoms with Crippen LogP contribution in [0.25, 0.3) is 21.6 Å². The average Bonchev–Trinajstić information content (AvgIpc) is 3.86. The first kappa shape index (κ1) is 39.3. The van der Waals surface area contributed by atoms with E-state index in [0.29, 0.717) is 15.8 Å². The van der Waals surface area contributed by atoms with Crippen molar-refractivity contribution in [3.63, 3.8) is 0 Å². The number of hydrogen-bond donors (Lipinski definition) is 3. The van der Waals surface area contributed by atoms with Gasteiger partial charge in [0.15, 0.2) is 0 Å². The lowest BCUT2D eigenvalue weighted by Gasteiger charge is -2.31. The third-order valence-corrected chi connectivity index (χ3v) is 11.6. The first-order chi connectivity index (χ1) is 23.9. The predicted molar refractivity (Wildman–Crippen MR) is 178 cm³/mol. The average molecular weight is 778 g/mol. The highest BCUT2D eigenvalue weighted by Crippen LogP contribution is 2.35. The van der Waals surface area contributed by atoms with Gasteiger partial charge in [-0.1, -0.05) is 24.3 Å². The molecule has 1 saturated heterocycles. The molecule has 0 aliphatic carbocycles. The molecule has 0 spiro atoms. The van der Waals surface area contributed by atoms with Gasteiger partial charge in [0, 0.05) is 47.9 Å². The first-order valence-electron chi connectivity index (χ1n) is 14.7. The van der Waals surface area contributed by atoms with E-state index in [-0.39, 0.29) is 0 Å². The minimum Gasteiger partial charge on any atom is -0.475 e. The fraction of sp³-hybridized carbons (Fsp3) is 0.290. The predicted octanol–water partition coefficient (Wildman–Crippen LogP) is 7.22. The monoisotopic (exact) mass is 777 g/mol. The van der Waals surface area contributed by atoms with Gasteiger partial charge >= 0.3 is 24.3 Å². The van der Waals surface area contributed by atoms with Gasteiger partial charge in [-0.2, -0.15) is 26.3 Å². The number of thiophene rings is 1. The second-order valence-corrected chi connectivity index (χ2v) is 15.1. The number of carboxylic acids is 2. The Kier molecular flexibility index (Phi) is 12.5. The second-order valence-electron chi connectivity index (χ2n) is 10.9. The Labute approximate surface area is 294 Å². The van der Waals surface area contributed by atoms with Gasteiger partial charge in [0.25, 0.3) is 10.0 Å². The molecule has 20 heteroatoms. The van der Waals surface area contributed by atoms with Crippen molar-refractivity contribution in [2.24, 2.45) is 0 Å². The van der Waals surface area contributed by atoms with E-state index in [1.807, 2.05) is 42.7 Å². The Morgan fingerprint density at radius 3 is 2.16 bits per heavy atom. The van der Waals surface area contributed by atoms with Gasteiger partial charge in [-0.05, 0) is 61.6 Å². The van der Waals surface area contributed by atoms with Gasteiger partial charge in [0.2, 0.25) is 0 Å². The van der Waals surface area contributed by atoms with Crippen LogP contribution in [0.4, 0.5) is 32.0 Å². The molecule has 1 aliphatic rings. The number of carbonyl (C=O) groups is 2. The van der Waals surface area contributed by atoms with Crippen LogP contribution >= 0.6 is 22.7 Å². The van der Waals surface area contributed by atoms with Crippen molar-refractivity contribution >= 4 is 61.2 Å². The molecule has 0 unspecified atom stereocenters. The van der Waals surface area contributed by atoms with Crippen molar-refractivity contribution < 1.29 is 54.6 Å². The normalized spacial score (nSPS) is 14.3. The Balaban J connectivity index is 0.000000353. The van der Waals surface area contributed by atoms with Crippen LogP contribution in [0.15, 0.2) is 76.6 Å². The zero-order chi connectivity index (χ0) is 37.6. The summed E-state index contributed by atoms with van der Waals surface area (Å²) in [6, 6.07) is 17.3. The number of piperidine rings is 1. The molecular weight excluding hydrogens is 749 g/mol. The molecule has 5 aromatic rings. The van der Waals surface area contributed by atoms with Crippen LogP contribution in [0.5, 0.6) is 0 Å². The number of benzene rings is 1. The van der Waals surface area contributed by atoms with E-state index in [0.717, 1.165) is 54.1 Å². The number of fused-ring (bicyclic) bond motifs is 1. The Morgan fingerprint density at radius 2 is 1.61 bits per heavy atom. The molecule has 3 N–H and O–H groups in total. The molecule has 11 nitrogen and oxygen atoms in total. The fourth-order valence-electron chi connectivity index (χ4n) is 4.92. The fourth-order valence-corrected chi connectivity index (χ4v) is 8.22. The maximum Gasteiger partial charge on any atom is 0.490 e. The van der Waals surface area contributed by atoms with E-state index in [2.05, 4.69) is 27.0 Å². The summed E-state index contributed by atoms with van der Waals surface area (Å²) in [5.41, 5.74) is 3.50. The van der Waals surface area contributed by atoms with Crippen molar-refractivity contribution in [2.45, 2.75) is 41.9 Å². The number of aromatic nitrogens is 3. The summed E-state index contributed by atoms with van der Waals surface area (Å²) in [7, 11) is -2.02. The van der Waals surface area contributed by atoms with E-state index < -0.39 is 34.3 Å². The number of hydrogen-bond acceptors (Lipinski definition) is 9. The molecule has 0 amide bonds. The highest BCUT2D eigenvalue weighted by atomic mass is 32.2. The molecule has 6 rings (SSSR count). The van der Waals surface area contributed by atoms with Gasteiger partial charge in [-0.15, -0.1) is 22.7 Å². The maximum absolute atomic E-state index is 13.1. The number of thiazole rings is 1. The summed E-state index contributed by atoms with van der Waals surface area (Å²) in [5, 5.41) is 17.9. The lowest BCUT2D eigenvalue weighted by molar-refractivity contribution is -0.193. The number of sulfonamides is 1. The number of pyridine rings is 1. The van der Waals surface area contributed by atoms with E-state index in [4.69, 9.17) is 24.8 Å². The number of aromatic amines is 1. The molecule has 1 aliphatic heterocycles. The number of anilines is 1. The Bertz CT molecular complexity index is 2000. The summed E-state index contributed by atoms with van der Waals surface area (Å²) in [6.07, 6.45) is -4.08. The number of rotatable bonds is 7. The van der Waals surface area contributed by atoms with Crippen LogP contribution in [0, 0.1) is 0 Å². The summed E-state index contributed by atoms with van der Waals surface area (Å²) in [5.74, 6) is -4.98. The van der Waals surface area contributed by atoms with E-state index in [1.165, 1.54) is 26.2 Å². The summed E-state index contributed by atoms with van der Waals surface area (Å²) >= 11 is 2.90. The highest BCUT2D eigenvalue weighted by Gasteiger charge is 2.39. The van der Waals surface area contributed by atoms with Gasteiger partial charge in [-0.25, -0.2) is 23.0 Å². The van der Waals surface area contributed by atoms with Gasteiger partial charge in [0.05, 0.1) is 16.9 Å². The number of H-pyrrole nitrogens is 1. The molecule has 274 valence electrons. The number of nitrogens with one attached hydrogen (secondary N) is 1. The lowest BCUT2D eigenvalue weighted by Crippen LogP contribution is -2.32. The summed E-state index contributed by atoms with van der Waals surface area (Å²) in [4.78, 5) is 34.2. The number of aliphatic carboxylic acids is 2. The van der Waals surface area contributed by atoms with Crippen molar-refractivity contribution in [1.29, 1.82) is 0 Å². The molecule has 1 aromatic carbocycles. The number of carboxylic acid groups (broad SMARTS) is 2. The van der Waals surface area contributed by atoms with E-state index >= 15 is 0 Å². The van der Waals surface area contributed by atoms with Crippen LogP contribution in [0.2, 0.25) is 0 Å².